The molecule has 0 aliphatic heterocycles. The minimum Gasteiger partial charge on any atom is -0.383 e. The number of aliphatic hydroxyl groups excluding tert-OH is 1. The van der Waals surface area contributed by atoms with Gasteiger partial charge < -0.3 is 5.11 Å². The predicted octanol–water partition coefficient (Wildman–Crippen LogP) is 2.87. The summed E-state index contributed by atoms with van der Waals surface area (Å²) < 4.78 is 36.0. The zero-order valence-electron chi connectivity index (χ0n) is 6.31. The van der Waals surface area contributed by atoms with Crippen LogP contribution >= 0.6 is 22.9 Å². The highest BCUT2D eigenvalue weighted by molar-refractivity contribution is 7.16. The zero-order valence-corrected chi connectivity index (χ0v) is 7.88. The molecule has 0 unspecified atom stereocenters. The molecular formula is C7H6ClF3OS. The number of hydrogen-bond acceptors (Lipinski definition) is 2. The molecule has 0 aromatic carbocycles. The van der Waals surface area contributed by atoms with Crippen molar-refractivity contribution in [3.8, 4) is 0 Å². The fraction of sp³-hybridized carbons (Fsp3) is 0.429. The summed E-state index contributed by atoms with van der Waals surface area (Å²) >= 11 is 6.55. The maximum absolute atomic E-state index is 11.9. The van der Waals surface area contributed by atoms with Crippen molar-refractivity contribution in [1.82, 2.24) is 0 Å². The Hall–Kier alpha value is -0.260. The molecule has 1 heterocycles. The highest BCUT2D eigenvalue weighted by Crippen LogP contribution is 2.27. The van der Waals surface area contributed by atoms with Gasteiger partial charge in [0, 0.05) is 11.3 Å². The van der Waals surface area contributed by atoms with Crippen LogP contribution in [-0.4, -0.2) is 17.4 Å². The first-order valence-corrected chi connectivity index (χ1v) is 4.58. The second kappa shape index (κ2) is 3.86. The molecule has 1 atom stereocenters. The van der Waals surface area contributed by atoms with Gasteiger partial charge in [-0.3, -0.25) is 0 Å². The third-order valence-electron chi connectivity index (χ3n) is 1.40. The molecule has 1 N–H and O–H groups in total. The average molecular weight is 231 g/mol. The number of alkyl halides is 3. The van der Waals surface area contributed by atoms with Gasteiger partial charge in [-0.1, -0.05) is 11.6 Å². The van der Waals surface area contributed by atoms with E-state index in [2.05, 4.69) is 0 Å². The maximum atomic E-state index is 11.9. The van der Waals surface area contributed by atoms with Crippen molar-refractivity contribution in [3.05, 3.63) is 21.3 Å². The van der Waals surface area contributed by atoms with Gasteiger partial charge in [-0.2, -0.15) is 13.2 Å². The lowest BCUT2D eigenvalue weighted by Crippen LogP contribution is -2.30. The largest absolute Gasteiger partial charge is 0.414 e. The van der Waals surface area contributed by atoms with Gasteiger partial charge in [0.1, 0.15) is 0 Å². The van der Waals surface area contributed by atoms with E-state index in [-0.39, 0.29) is 0 Å². The first-order chi connectivity index (χ1) is 5.89. The Balaban J connectivity index is 2.60. The van der Waals surface area contributed by atoms with E-state index in [9.17, 15) is 13.2 Å². The molecule has 1 aromatic heterocycles. The van der Waals surface area contributed by atoms with Crippen LogP contribution < -0.4 is 0 Å². The maximum Gasteiger partial charge on any atom is 0.414 e. The van der Waals surface area contributed by atoms with Gasteiger partial charge in [-0.15, -0.1) is 11.3 Å². The van der Waals surface area contributed by atoms with Crippen molar-refractivity contribution in [2.45, 2.75) is 18.7 Å². The van der Waals surface area contributed by atoms with Crippen molar-refractivity contribution in [2.24, 2.45) is 0 Å². The monoisotopic (exact) mass is 230 g/mol. The van der Waals surface area contributed by atoms with Crippen LogP contribution in [0.5, 0.6) is 0 Å². The van der Waals surface area contributed by atoms with E-state index in [4.69, 9.17) is 16.7 Å². The molecule has 13 heavy (non-hydrogen) atoms. The van der Waals surface area contributed by atoms with Crippen molar-refractivity contribution in [3.63, 3.8) is 0 Å². The average Bonchev–Trinajstić information content (AvgIpc) is 2.33. The van der Waals surface area contributed by atoms with Crippen LogP contribution in [-0.2, 0) is 6.42 Å². The van der Waals surface area contributed by atoms with Crippen LogP contribution in [0.1, 0.15) is 4.88 Å². The summed E-state index contributed by atoms with van der Waals surface area (Å²) in [5, 5.41) is 8.69. The first-order valence-electron chi connectivity index (χ1n) is 3.38. The molecule has 74 valence electrons. The normalized spacial score (nSPS) is 14.5. The van der Waals surface area contributed by atoms with Crippen LogP contribution in [0.2, 0.25) is 4.34 Å². The molecule has 0 saturated carbocycles. The van der Waals surface area contributed by atoms with Gasteiger partial charge in [-0.05, 0) is 12.1 Å². The summed E-state index contributed by atoms with van der Waals surface area (Å²) in [4.78, 5) is 0.426. The Bertz CT molecular complexity index is 284. The molecule has 0 radical (unpaired) electrons. The highest BCUT2D eigenvalue weighted by Gasteiger charge is 2.38. The molecule has 0 spiro atoms. The zero-order chi connectivity index (χ0) is 10.1. The summed E-state index contributed by atoms with van der Waals surface area (Å²) in [6.07, 6.45) is -7.29. The summed E-state index contributed by atoms with van der Waals surface area (Å²) in [7, 11) is 0. The number of halogens is 4. The molecule has 0 fully saturated rings. The Morgan fingerprint density at radius 3 is 2.46 bits per heavy atom. The Morgan fingerprint density at radius 1 is 1.46 bits per heavy atom. The highest BCUT2D eigenvalue weighted by atomic mass is 35.5. The van der Waals surface area contributed by atoms with Gasteiger partial charge in [-0.25, -0.2) is 0 Å². The number of hydrogen-bond donors (Lipinski definition) is 1. The van der Waals surface area contributed by atoms with E-state index in [0.29, 0.717) is 9.21 Å². The number of aliphatic hydroxyl groups is 1. The molecular weight excluding hydrogens is 225 g/mol. The van der Waals surface area contributed by atoms with E-state index in [0.717, 1.165) is 11.3 Å². The van der Waals surface area contributed by atoms with E-state index < -0.39 is 18.7 Å². The Labute approximate surface area is 81.8 Å². The summed E-state index contributed by atoms with van der Waals surface area (Å²) in [5.74, 6) is 0. The third kappa shape index (κ3) is 3.17. The van der Waals surface area contributed by atoms with Gasteiger partial charge in [0.2, 0.25) is 0 Å². The van der Waals surface area contributed by atoms with Gasteiger partial charge in [0.15, 0.2) is 6.10 Å². The lowest BCUT2D eigenvalue weighted by Gasteiger charge is -2.12. The molecule has 0 amide bonds. The van der Waals surface area contributed by atoms with Crippen molar-refractivity contribution >= 4 is 22.9 Å². The van der Waals surface area contributed by atoms with Gasteiger partial charge in [0.05, 0.1) is 4.34 Å². The molecule has 0 aliphatic rings. The predicted molar refractivity (Wildman–Crippen MR) is 45.1 cm³/mol. The molecule has 6 heteroatoms. The molecule has 0 bridgehead atoms. The van der Waals surface area contributed by atoms with Crippen molar-refractivity contribution in [2.75, 3.05) is 0 Å². The minimum atomic E-state index is -4.56. The summed E-state index contributed by atoms with van der Waals surface area (Å²) in [6, 6.07) is 2.98. The standard InChI is InChI=1S/C7H6ClF3OS/c8-6-2-1-4(13-6)3-5(12)7(9,10)11/h1-2,5,12H,3H2/t5-/m0/s1. The van der Waals surface area contributed by atoms with E-state index >= 15 is 0 Å². The topological polar surface area (TPSA) is 20.2 Å². The fourth-order valence-electron chi connectivity index (χ4n) is 0.768. The number of thiophene rings is 1. The van der Waals surface area contributed by atoms with Gasteiger partial charge >= 0.3 is 6.18 Å². The molecule has 0 aliphatic carbocycles. The van der Waals surface area contributed by atoms with Crippen LogP contribution in [0.15, 0.2) is 12.1 Å². The van der Waals surface area contributed by atoms with E-state index in [1.807, 2.05) is 0 Å². The number of rotatable bonds is 2. The first kappa shape index (κ1) is 10.8. The molecule has 1 nitrogen and oxygen atoms in total. The quantitative estimate of drug-likeness (QED) is 0.828. The van der Waals surface area contributed by atoms with E-state index in [1.54, 1.807) is 0 Å². The second-order valence-electron chi connectivity index (χ2n) is 2.47. The lowest BCUT2D eigenvalue weighted by atomic mass is 10.2. The van der Waals surface area contributed by atoms with Gasteiger partial charge in [0.25, 0.3) is 0 Å². The van der Waals surface area contributed by atoms with Crippen molar-refractivity contribution < 1.29 is 18.3 Å². The second-order valence-corrected chi connectivity index (χ2v) is 4.27. The lowest BCUT2D eigenvalue weighted by molar-refractivity contribution is -0.202. The minimum absolute atomic E-state index is 0.421. The SMILES string of the molecule is O[C@@H](Cc1ccc(Cl)s1)C(F)(F)F. The summed E-state index contributed by atoms with van der Waals surface area (Å²) in [5.41, 5.74) is 0. The van der Waals surface area contributed by atoms with Crippen LogP contribution in [0.25, 0.3) is 0 Å². The van der Waals surface area contributed by atoms with Crippen LogP contribution in [0.4, 0.5) is 13.2 Å². The molecule has 0 saturated heterocycles. The van der Waals surface area contributed by atoms with Crippen LogP contribution in [0.3, 0.4) is 0 Å². The Morgan fingerprint density at radius 2 is 2.08 bits per heavy atom. The smallest absolute Gasteiger partial charge is 0.383 e. The summed E-state index contributed by atoms with van der Waals surface area (Å²) in [6.45, 7) is 0. The van der Waals surface area contributed by atoms with E-state index in [1.165, 1.54) is 12.1 Å². The third-order valence-corrected chi connectivity index (χ3v) is 2.65. The van der Waals surface area contributed by atoms with Crippen molar-refractivity contribution in [1.29, 1.82) is 0 Å². The fourth-order valence-corrected chi connectivity index (χ4v) is 1.89. The molecule has 1 aromatic rings. The molecule has 1 rings (SSSR count). The van der Waals surface area contributed by atoms with Crippen LogP contribution in [0, 0.1) is 0 Å². The Kier molecular flexibility index (Phi) is 3.21.